The van der Waals surface area contributed by atoms with Crippen LogP contribution in [0.1, 0.15) is 64.7 Å². The molecule has 6 nitrogen and oxygen atoms in total. The quantitative estimate of drug-likeness (QED) is 0.404. The van der Waals surface area contributed by atoms with Crippen LogP contribution >= 0.6 is 0 Å². The number of carbonyl (C=O) groups is 2. The predicted octanol–water partition coefficient (Wildman–Crippen LogP) is 3.90. The maximum Gasteiger partial charge on any atom is 0.407 e. The van der Waals surface area contributed by atoms with Crippen molar-refractivity contribution in [2.75, 3.05) is 13.2 Å². The van der Waals surface area contributed by atoms with Crippen molar-refractivity contribution in [2.24, 2.45) is 11.8 Å². The van der Waals surface area contributed by atoms with Gasteiger partial charge in [-0.25, -0.2) is 4.79 Å². The van der Waals surface area contributed by atoms with Crippen molar-refractivity contribution >= 4 is 12.1 Å². The van der Waals surface area contributed by atoms with Gasteiger partial charge >= 0.3 is 12.1 Å². The van der Waals surface area contributed by atoms with Crippen molar-refractivity contribution in [3.63, 3.8) is 0 Å². The van der Waals surface area contributed by atoms with Crippen molar-refractivity contribution in [3.8, 4) is 0 Å². The van der Waals surface area contributed by atoms with Gasteiger partial charge < -0.3 is 19.9 Å². The first kappa shape index (κ1) is 20.7. The van der Waals surface area contributed by atoms with Crippen LogP contribution in [0.15, 0.2) is 12.2 Å². The lowest BCUT2D eigenvalue weighted by atomic mass is 9.76. The lowest BCUT2D eigenvalue weighted by Gasteiger charge is -2.27. The molecule has 0 spiro atoms. The van der Waals surface area contributed by atoms with E-state index in [1.807, 2.05) is 0 Å². The van der Waals surface area contributed by atoms with E-state index in [2.05, 4.69) is 24.4 Å². The first-order valence-corrected chi connectivity index (χ1v) is 10.0. The molecule has 26 heavy (non-hydrogen) atoms. The van der Waals surface area contributed by atoms with E-state index >= 15 is 0 Å². The number of amides is 1. The van der Waals surface area contributed by atoms with Crippen LogP contribution in [-0.2, 0) is 14.3 Å². The number of fused-ring (bicyclic) bond motifs is 2. The van der Waals surface area contributed by atoms with Gasteiger partial charge in [-0.05, 0) is 56.8 Å². The van der Waals surface area contributed by atoms with Crippen LogP contribution in [-0.4, -0.2) is 42.5 Å². The van der Waals surface area contributed by atoms with Crippen LogP contribution < -0.4 is 5.32 Å². The molecule has 4 atom stereocenters. The van der Waals surface area contributed by atoms with Crippen LogP contribution in [0, 0.1) is 11.8 Å². The van der Waals surface area contributed by atoms with Crippen molar-refractivity contribution in [2.45, 2.75) is 76.9 Å². The molecule has 0 aromatic carbocycles. The van der Waals surface area contributed by atoms with Crippen LogP contribution in [0.2, 0.25) is 0 Å². The fourth-order valence-corrected chi connectivity index (χ4v) is 4.05. The van der Waals surface area contributed by atoms with E-state index in [1.54, 1.807) is 0 Å². The number of nitrogens with one attached hydrogen (secondary N) is 1. The molecule has 2 aliphatic heterocycles. The molecule has 2 fully saturated rings. The van der Waals surface area contributed by atoms with Gasteiger partial charge in [0.05, 0.1) is 18.8 Å². The SMILES string of the molecule is CCCCNC(=O)OCC[C@@H]1[C@@H](CC=CCCCC(=O)O)[C@H]2CC[C@@H]1O2. The Bertz CT molecular complexity index is 479. The Hall–Kier alpha value is -1.56. The van der Waals surface area contributed by atoms with Gasteiger partial charge in [-0.2, -0.15) is 0 Å². The molecule has 0 radical (unpaired) electrons. The van der Waals surface area contributed by atoms with Gasteiger partial charge in [0.25, 0.3) is 0 Å². The number of carbonyl (C=O) groups excluding carboxylic acids is 1. The molecule has 0 aromatic heterocycles. The van der Waals surface area contributed by atoms with Crippen LogP contribution in [0.25, 0.3) is 0 Å². The van der Waals surface area contributed by atoms with Crippen molar-refractivity contribution in [3.05, 3.63) is 12.2 Å². The van der Waals surface area contributed by atoms with E-state index < -0.39 is 5.97 Å². The topological polar surface area (TPSA) is 84.9 Å². The Balaban J connectivity index is 1.68. The first-order chi connectivity index (χ1) is 12.6. The third-order valence-electron chi connectivity index (χ3n) is 5.41. The predicted molar refractivity (Wildman–Crippen MR) is 99.0 cm³/mol. The summed E-state index contributed by atoms with van der Waals surface area (Å²) >= 11 is 0. The third kappa shape index (κ3) is 6.63. The molecule has 2 aliphatic rings. The minimum absolute atomic E-state index is 0.224. The largest absolute Gasteiger partial charge is 0.481 e. The zero-order chi connectivity index (χ0) is 18.8. The Morgan fingerprint density at radius 3 is 2.69 bits per heavy atom. The second-order valence-electron chi connectivity index (χ2n) is 7.32. The molecule has 0 saturated carbocycles. The average molecular weight is 367 g/mol. The average Bonchev–Trinajstić information content (AvgIpc) is 3.20. The van der Waals surface area contributed by atoms with Crippen molar-refractivity contribution in [1.82, 2.24) is 5.32 Å². The highest BCUT2D eigenvalue weighted by atomic mass is 16.5. The molecule has 148 valence electrons. The smallest absolute Gasteiger partial charge is 0.407 e. The number of hydrogen-bond donors (Lipinski definition) is 2. The van der Waals surface area contributed by atoms with Gasteiger partial charge in [-0.15, -0.1) is 0 Å². The number of hydrogen-bond acceptors (Lipinski definition) is 4. The van der Waals surface area contributed by atoms with Gasteiger partial charge in [0, 0.05) is 13.0 Å². The molecule has 1 amide bonds. The summed E-state index contributed by atoms with van der Waals surface area (Å²) in [6.45, 7) is 3.19. The number of carboxylic acids is 1. The fourth-order valence-electron chi connectivity index (χ4n) is 4.05. The van der Waals surface area contributed by atoms with E-state index in [0.717, 1.165) is 44.9 Å². The Morgan fingerprint density at radius 1 is 1.19 bits per heavy atom. The lowest BCUT2D eigenvalue weighted by Crippen LogP contribution is -2.30. The zero-order valence-corrected chi connectivity index (χ0v) is 15.8. The van der Waals surface area contributed by atoms with Gasteiger partial charge in [0.1, 0.15) is 0 Å². The Morgan fingerprint density at radius 2 is 1.96 bits per heavy atom. The molecule has 6 heteroatoms. The normalized spacial score (nSPS) is 27.1. The van der Waals surface area contributed by atoms with Crippen molar-refractivity contribution < 1.29 is 24.2 Å². The van der Waals surface area contributed by atoms with Gasteiger partial charge in [-0.1, -0.05) is 25.5 Å². The first-order valence-electron chi connectivity index (χ1n) is 10.0. The number of alkyl carbamates (subject to hydrolysis) is 1. The molecule has 2 bridgehead atoms. The summed E-state index contributed by atoms with van der Waals surface area (Å²) in [5.74, 6) is 0.191. The molecule has 2 saturated heterocycles. The highest BCUT2D eigenvalue weighted by molar-refractivity contribution is 5.67. The number of allylic oxidation sites excluding steroid dienone is 2. The highest BCUT2D eigenvalue weighted by Crippen LogP contribution is 2.46. The summed E-state index contributed by atoms with van der Waals surface area (Å²) in [4.78, 5) is 22.1. The van der Waals surface area contributed by atoms with Crippen molar-refractivity contribution in [1.29, 1.82) is 0 Å². The molecule has 2 N–H and O–H groups in total. The summed E-state index contributed by atoms with van der Waals surface area (Å²) in [7, 11) is 0. The Labute approximate surface area is 156 Å². The summed E-state index contributed by atoms with van der Waals surface area (Å²) in [6, 6.07) is 0. The molecule has 0 unspecified atom stereocenters. The standard InChI is InChI=1S/C20H33NO5/c1-2-3-13-21-20(24)25-14-12-16-15(17-10-11-18(16)26-17)8-6-4-5-7-9-19(22)23/h4,6,15-18H,2-3,5,7-14H2,1H3,(H,21,24)(H,22,23)/t15-,16-,17-,18+/m1/s1. The van der Waals surface area contributed by atoms with E-state index in [4.69, 9.17) is 14.6 Å². The van der Waals surface area contributed by atoms with Crippen LogP contribution in [0.4, 0.5) is 4.79 Å². The maximum absolute atomic E-state index is 11.6. The van der Waals surface area contributed by atoms with E-state index in [9.17, 15) is 9.59 Å². The minimum Gasteiger partial charge on any atom is -0.481 e. The number of ether oxygens (including phenoxy) is 2. The second kappa shape index (κ2) is 11.2. The fraction of sp³-hybridized carbons (Fsp3) is 0.800. The number of carboxylic acid groups (broad SMARTS) is 1. The molecule has 0 aliphatic carbocycles. The Kier molecular flexibility index (Phi) is 8.95. The summed E-state index contributed by atoms with van der Waals surface area (Å²) in [6.07, 6.45) is 12.3. The maximum atomic E-state index is 11.6. The number of rotatable bonds is 12. The lowest BCUT2D eigenvalue weighted by molar-refractivity contribution is -0.137. The van der Waals surface area contributed by atoms with E-state index in [1.165, 1.54) is 0 Å². The minimum atomic E-state index is -0.737. The van der Waals surface area contributed by atoms with Crippen LogP contribution in [0.5, 0.6) is 0 Å². The highest BCUT2D eigenvalue weighted by Gasteiger charge is 2.47. The summed E-state index contributed by atoms with van der Waals surface area (Å²) < 4.78 is 11.4. The number of aliphatic carboxylic acids is 1. The molecular formula is C20H33NO5. The number of unbranched alkanes of at least 4 members (excludes halogenated alkanes) is 2. The summed E-state index contributed by atoms with van der Waals surface area (Å²) in [5, 5.41) is 11.4. The van der Waals surface area contributed by atoms with Gasteiger partial charge in [0.15, 0.2) is 0 Å². The third-order valence-corrected chi connectivity index (χ3v) is 5.41. The second-order valence-corrected chi connectivity index (χ2v) is 7.32. The van der Waals surface area contributed by atoms with Crippen LogP contribution in [0.3, 0.4) is 0 Å². The van der Waals surface area contributed by atoms with Gasteiger partial charge in [0.2, 0.25) is 0 Å². The molecular weight excluding hydrogens is 334 g/mol. The van der Waals surface area contributed by atoms with E-state index in [-0.39, 0.29) is 12.5 Å². The monoisotopic (exact) mass is 367 g/mol. The summed E-state index contributed by atoms with van der Waals surface area (Å²) in [5.41, 5.74) is 0. The molecule has 0 aromatic rings. The van der Waals surface area contributed by atoms with E-state index in [0.29, 0.717) is 43.6 Å². The molecule has 2 rings (SSSR count). The van der Waals surface area contributed by atoms with Gasteiger partial charge in [-0.3, -0.25) is 4.79 Å². The zero-order valence-electron chi connectivity index (χ0n) is 15.8. The molecule has 2 heterocycles.